The molecule has 0 fully saturated rings. The summed E-state index contributed by atoms with van der Waals surface area (Å²) < 4.78 is 1.77. The number of amides is 1. The number of benzene rings is 2. The van der Waals surface area contributed by atoms with Crippen molar-refractivity contribution in [3.8, 4) is 0 Å². The zero-order valence-electron chi connectivity index (χ0n) is 14.7. The summed E-state index contributed by atoms with van der Waals surface area (Å²) >= 11 is 0. The van der Waals surface area contributed by atoms with Gasteiger partial charge in [0.2, 0.25) is 0 Å². The summed E-state index contributed by atoms with van der Waals surface area (Å²) in [6, 6.07) is 13.6. The Morgan fingerprint density at radius 3 is 2.60 bits per heavy atom. The lowest BCUT2D eigenvalue weighted by molar-refractivity contribution is 0.102. The van der Waals surface area contributed by atoms with E-state index in [1.807, 2.05) is 49.5 Å². The van der Waals surface area contributed by atoms with Crippen LogP contribution in [-0.2, 0) is 6.54 Å². The van der Waals surface area contributed by atoms with Crippen LogP contribution in [0.15, 0.2) is 54.9 Å². The van der Waals surface area contributed by atoms with Gasteiger partial charge in [-0.1, -0.05) is 24.3 Å². The standard InChI is InChI=1S/C20H22N4O/c1-4-24-13-16(12-21-24)22-20(25)17-9-5-6-10-19(17)23-18-11-7-8-14(2)15(18)3/h5-13,23H,4H2,1-3H3,(H,22,25). The number of nitrogens with one attached hydrogen (secondary N) is 2. The van der Waals surface area contributed by atoms with Gasteiger partial charge in [-0.2, -0.15) is 5.10 Å². The highest BCUT2D eigenvalue weighted by atomic mass is 16.1. The van der Waals surface area contributed by atoms with Crippen LogP contribution in [0.1, 0.15) is 28.4 Å². The SMILES string of the molecule is CCn1cc(NC(=O)c2ccccc2Nc2cccc(C)c2C)cn1. The fourth-order valence-corrected chi connectivity index (χ4v) is 2.62. The molecule has 1 heterocycles. The summed E-state index contributed by atoms with van der Waals surface area (Å²) in [6.45, 7) is 6.91. The molecule has 1 aromatic heterocycles. The van der Waals surface area contributed by atoms with Crippen molar-refractivity contribution in [3.05, 3.63) is 71.5 Å². The molecule has 3 aromatic rings. The highest BCUT2D eigenvalue weighted by Crippen LogP contribution is 2.25. The third-order valence-corrected chi connectivity index (χ3v) is 4.26. The molecule has 0 unspecified atom stereocenters. The molecule has 5 nitrogen and oxygen atoms in total. The van der Waals surface area contributed by atoms with E-state index in [4.69, 9.17) is 0 Å². The van der Waals surface area contributed by atoms with Crippen LogP contribution in [0.2, 0.25) is 0 Å². The Morgan fingerprint density at radius 1 is 1.08 bits per heavy atom. The van der Waals surface area contributed by atoms with Gasteiger partial charge in [0.25, 0.3) is 5.91 Å². The Hall–Kier alpha value is -3.08. The molecule has 2 aromatic carbocycles. The van der Waals surface area contributed by atoms with Crippen LogP contribution < -0.4 is 10.6 Å². The van der Waals surface area contributed by atoms with Crippen molar-refractivity contribution in [2.24, 2.45) is 0 Å². The highest BCUT2D eigenvalue weighted by Gasteiger charge is 2.13. The van der Waals surface area contributed by atoms with Gasteiger partial charge in [-0.05, 0) is 50.1 Å². The molecule has 0 saturated carbocycles. The van der Waals surface area contributed by atoms with Gasteiger partial charge in [-0.25, -0.2) is 0 Å². The Labute approximate surface area is 147 Å². The third-order valence-electron chi connectivity index (χ3n) is 4.26. The monoisotopic (exact) mass is 334 g/mol. The Morgan fingerprint density at radius 2 is 1.84 bits per heavy atom. The summed E-state index contributed by atoms with van der Waals surface area (Å²) in [5.74, 6) is -0.163. The lowest BCUT2D eigenvalue weighted by Crippen LogP contribution is -2.13. The molecule has 0 aliphatic carbocycles. The largest absolute Gasteiger partial charge is 0.355 e. The van der Waals surface area contributed by atoms with E-state index < -0.39 is 0 Å². The van der Waals surface area contributed by atoms with Gasteiger partial charge in [0.05, 0.1) is 23.1 Å². The minimum absolute atomic E-state index is 0.163. The number of hydrogen-bond donors (Lipinski definition) is 2. The average Bonchev–Trinajstić information content (AvgIpc) is 3.07. The summed E-state index contributed by atoms with van der Waals surface area (Å²) in [7, 11) is 0. The average molecular weight is 334 g/mol. The molecule has 2 N–H and O–H groups in total. The van der Waals surface area contributed by atoms with Crippen molar-refractivity contribution >= 4 is 23.0 Å². The van der Waals surface area contributed by atoms with Crippen molar-refractivity contribution in [1.82, 2.24) is 9.78 Å². The maximum Gasteiger partial charge on any atom is 0.257 e. The van der Waals surface area contributed by atoms with E-state index in [2.05, 4.69) is 35.6 Å². The normalized spacial score (nSPS) is 10.5. The number of aryl methyl sites for hydroxylation is 2. The summed E-state index contributed by atoms with van der Waals surface area (Å²) in [4.78, 5) is 12.7. The minimum atomic E-state index is -0.163. The second-order valence-electron chi connectivity index (χ2n) is 5.96. The Kier molecular flexibility index (Phi) is 4.84. The zero-order chi connectivity index (χ0) is 17.8. The van der Waals surface area contributed by atoms with Crippen LogP contribution in [0, 0.1) is 13.8 Å². The van der Waals surface area contributed by atoms with E-state index in [1.54, 1.807) is 10.9 Å². The molecule has 1 amide bonds. The first-order chi connectivity index (χ1) is 12.1. The molecular formula is C20H22N4O. The van der Waals surface area contributed by atoms with E-state index in [9.17, 15) is 4.79 Å². The smallest absolute Gasteiger partial charge is 0.257 e. The summed E-state index contributed by atoms with van der Waals surface area (Å²) in [6.07, 6.45) is 3.47. The van der Waals surface area contributed by atoms with Crippen LogP contribution in [0.4, 0.5) is 17.1 Å². The van der Waals surface area contributed by atoms with Gasteiger partial charge < -0.3 is 10.6 Å². The molecule has 0 aliphatic rings. The van der Waals surface area contributed by atoms with E-state index >= 15 is 0 Å². The van der Waals surface area contributed by atoms with Crippen molar-refractivity contribution < 1.29 is 4.79 Å². The topological polar surface area (TPSA) is 59.0 Å². The minimum Gasteiger partial charge on any atom is -0.355 e. The number of rotatable bonds is 5. The van der Waals surface area contributed by atoms with Gasteiger partial charge in [0, 0.05) is 18.4 Å². The number of para-hydroxylation sites is 1. The number of anilines is 3. The van der Waals surface area contributed by atoms with Gasteiger partial charge >= 0.3 is 0 Å². The lowest BCUT2D eigenvalue weighted by Gasteiger charge is -2.14. The van der Waals surface area contributed by atoms with Crippen molar-refractivity contribution in [2.75, 3.05) is 10.6 Å². The van der Waals surface area contributed by atoms with Crippen LogP contribution in [0.3, 0.4) is 0 Å². The highest BCUT2D eigenvalue weighted by molar-refractivity contribution is 6.08. The molecule has 3 rings (SSSR count). The third kappa shape index (κ3) is 3.71. The summed E-state index contributed by atoms with van der Waals surface area (Å²) in [5, 5.41) is 10.5. The maximum absolute atomic E-state index is 12.7. The van der Waals surface area contributed by atoms with E-state index in [0.717, 1.165) is 17.9 Å². The molecule has 5 heteroatoms. The number of aromatic nitrogens is 2. The van der Waals surface area contributed by atoms with Crippen LogP contribution in [0.5, 0.6) is 0 Å². The number of nitrogens with zero attached hydrogens (tertiary/aromatic N) is 2. The molecular weight excluding hydrogens is 312 g/mol. The van der Waals surface area contributed by atoms with E-state index in [-0.39, 0.29) is 5.91 Å². The van der Waals surface area contributed by atoms with Gasteiger partial charge in [-0.3, -0.25) is 9.48 Å². The molecule has 25 heavy (non-hydrogen) atoms. The Bertz CT molecular complexity index is 898. The van der Waals surface area contributed by atoms with Crippen LogP contribution >= 0.6 is 0 Å². The summed E-state index contributed by atoms with van der Waals surface area (Å²) in [5.41, 5.74) is 5.43. The van der Waals surface area contributed by atoms with Crippen LogP contribution in [-0.4, -0.2) is 15.7 Å². The predicted molar refractivity (Wildman–Crippen MR) is 101 cm³/mol. The fraction of sp³-hybridized carbons (Fsp3) is 0.200. The fourth-order valence-electron chi connectivity index (χ4n) is 2.62. The quantitative estimate of drug-likeness (QED) is 0.721. The first-order valence-corrected chi connectivity index (χ1v) is 8.34. The zero-order valence-corrected chi connectivity index (χ0v) is 14.7. The van der Waals surface area contributed by atoms with Crippen molar-refractivity contribution in [2.45, 2.75) is 27.3 Å². The van der Waals surface area contributed by atoms with Crippen molar-refractivity contribution in [3.63, 3.8) is 0 Å². The molecule has 0 aliphatic heterocycles. The number of hydrogen-bond acceptors (Lipinski definition) is 3. The van der Waals surface area contributed by atoms with Gasteiger partial charge in [0.1, 0.15) is 0 Å². The molecule has 0 bridgehead atoms. The first kappa shape index (κ1) is 16.8. The Balaban J connectivity index is 1.85. The first-order valence-electron chi connectivity index (χ1n) is 8.34. The maximum atomic E-state index is 12.7. The van der Waals surface area contributed by atoms with Gasteiger partial charge in [-0.15, -0.1) is 0 Å². The number of carbonyl (C=O) groups excluding carboxylic acids is 1. The molecule has 0 spiro atoms. The second kappa shape index (κ2) is 7.21. The predicted octanol–water partition coefficient (Wildman–Crippen LogP) is 4.52. The number of carbonyl (C=O) groups is 1. The van der Waals surface area contributed by atoms with Gasteiger partial charge in [0.15, 0.2) is 0 Å². The second-order valence-corrected chi connectivity index (χ2v) is 5.96. The molecule has 128 valence electrons. The van der Waals surface area contributed by atoms with Crippen LogP contribution in [0.25, 0.3) is 0 Å². The molecule has 0 radical (unpaired) electrons. The van der Waals surface area contributed by atoms with E-state index in [1.165, 1.54) is 11.1 Å². The molecule has 0 atom stereocenters. The molecule has 0 saturated heterocycles. The van der Waals surface area contributed by atoms with E-state index in [0.29, 0.717) is 11.3 Å². The van der Waals surface area contributed by atoms with Crippen molar-refractivity contribution in [1.29, 1.82) is 0 Å². The lowest BCUT2D eigenvalue weighted by atomic mass is 10.1.